The number of aromatic nitrogens is 6. The van der Waals surface area contributed by atoms with Crippen molar-refractivity contribution in [2.45, 2.75) is 71.2 Å². The van der Waals surface area contributed by atoms with Gasteiger partial charge in [0.05, 0.1) is 6.33 Å². The van der Waals surface area contributed by atoms with Crippen LogP contribution in [0.2, 0.25) is 0 Å². The van der Waals surface area contributed by atoms with Gasteiger partial charge in [0.25, 0.3) is 0 Å². The number of hydrogen-bond donors (Lipinski definition) is 2. The molecule has 1 aliphatic heterocycles. The lowest BCUT2D eigenvalue weighted by atomic mass is 10.2. The molecule has 0 amide bonds. The Labute approximate surface area is 176 Å². The van der Waals surface area contributed by atoms with Crippen LogP contribution in [0, 0.1) is 5.92 Å². The first-order valence-corrected chi connectivity index (χ1v) is 11.0. The normalized spacial score (nSPS) is 20.6. The molecular formula is C21H30N8O. The highest BCUT2D eigenvalue weighted by Crippen LogP contribution is 2.35. The third-order valence-corrected chi connectivity index (χ3v) is 5.96. The number of fused-ring (bicyclic) bond motifs is 1. The number of nitrogens with one attached hydrogen (secondary N) is 2. The molecule has 160 valence electrons. The standard InChI is InChI=1S/C21H30N8O/c1-13(2)29-10-9-16(27-29)24-21-25-19(23-14(3)15-7-8-15)18-20(26-21)28(12-22-18)17-6-4-5-11-30-17/h9-10,12-15,17H,4-8,11H2,1-3H3,(H2,23,24,25,26,27). The highest BCUT2D eigenvalue weighted by molar-refractivity contribution is 5.84. The highest BCUT2D eigenvalue weighted by atomic mass is 16.5. The maximum atomic E-state index is 5.99. The fourth-order valence-corrected chi connectivity index (χ4v) is 3.96. The quantitative estimate of drug-likeness (QED) is 0.601. The predicted molar refractivity (Wildman–Crippen MR) is 116 cm³/mol. The highest BCUT2D eigenvalue weighted by Gasteiger charge is 2.29. The second kappa shape index (κ2) is 7.86. The average Bonchev–Trinajstić information content (AvgIpc) is 3.34. The minimum absolute atomic E-state index is 0.0274. The second-order valence-electron chi connectivity index (χ2n) is 8.71. The van der Waals surface area contributed by atoms with Crippen LogP contribution in [0.25, 0.3) is 11.2 Å². The molecule has 1 saturated heterocycles. The average molecular weight is 411 g/mol. The topological polar surface area (TPSA) is 94.7 Å². The van der Waals surface area contributed by atoms with Crippen LogP contribution in [-0.4, -0.2) is 41.9 Å². The van der Waals surface area contributed by atoms with Crippen molar-refractivity contribution < 1.29 is 4.74 Å². The molecule has 2 aliphatic rings. The summed E-state index contributed by atoms with van der Waals surface area (Å²) in [5.41, 5.74) is 1.57. The van der Waals surface area contributed by atoms with Crippen LogP contribution in [0.15, 0.2) is 18.6 Å². The Morgan fingerprint density at radius 2 is 2.00 bits per heavy atom. The van der Waals surface area contributed by atoms with Crippen LogP contribution in [-0.2, 0) is 4.74 Å². The minimum Gasteiger partial charge on any atom is -0.365 e. The molecule has 5 rings (SSSR count). The van der Waals surface area contributed by atoms with E-state index in [0.29, 0.717) is 23.9 Å². The van der Waals surface area contributed by atoms with Crippen LogP contribution >= 0.6 is 0 Å². The predicted octanol–water partition coefficient (Wildman–Crippen LogP) is 4.26. The fraction of sp³-hybridized carbons (Fsp3) is 0.619. The van der Waals surface area contributed by atoms with Gasteiger partial charge >= 0.3 is 0 Å². The zero-order chi connectivity index (χ0) is 20.7. The first-order chi connectivity index (χ1) is 14.6. The van der Waals surface area contributed by atoms with Gasteiger partial charge in [-0.1, -0.05) is 0 Å². The second-order valence-corrected chi connectivity index (χ2v) is 8.71. The molecule has 30 heavy (non-hydrogen) atoms. The van der Waals surface area contributed by atoms with E-state index in [4.69, 9.17) is 14.7 Å². The first kappa shape index (κ1) is 19.3. The number of anilines is 3. The van der Waals surface area contributed by atoms with E-state index in [1.165, 1.54) is 12.8 Å². The molecule has 2 atom stereocenters. The molecule has 2 N–H and O–H groups in total. The van der Waals surface area contributed by atoms with Crippen LogP contribution in [0.1, 0.15) is 65.1 Å². The number of ether oxygens (including phenoxy) is 1. The Hall–Kier alpha value is -2.68. The molecule has 1 aliphatic carbocycles. The van der Waals surface area contributed by atoms with Gasteiger partial charge in [-0.2, -0.15) is 15.1 Å². The lowest BCUT2D eigenvalue weighted by Crippen LogP contribution is -2.20. The van der Waals surface area contributed by atoms with Crippen molar-refractivity contribution in [1.29, 1.82) is 0 Å². The van der Waals surface area contributed by atoms with E-state index in [-0.39, 0.29) is 6.23 Å². The van der Waals surface area contributed by atoms with Gasteiger partial charge in [0.1, 0.15) is 6.23 Å². The molecule has 3 aromatic heterocycles. The van der Waals surface area contributed by atoms with E-state index in [1.54, 1.807) is 0 Å². The summed E-state index contributed by atoms with van der Waals surface area (Å²) >= 11 is 0. The van der Waals surface area contributed by atoms with E-state index in [0.717, 1.165) is 48.7 Å². The van der Waals surface area contributed by atoms with Crippen molar-refractivity contribution in [3.8, 4) is 0 Å². The Morgan fingerprint density at radius 1 is 1.13 bits per heavy atom. The lowest BCUT2D eigenvalue weighted by molar-refractivity contribution is -0.0298. The maximum absolute atomic E-state index is 5.99. The van der Waals surface area contributed by atoms with Crippen LogP contribution in [0.5, 0.6) is 0 Å². The molecule has 1 saturated carbocycles. The molecule has 9 nitrogen and oxygen atoms in total. The molecule has 0 bridgehead atoms. The summed E-state index contributed by atoms with van der Waals surface area (Å²) in [6.45, 7) is 7.19. The van der Waals surface area contributed by atoms with Crippen molar-refractivity contribution in [3.05, 3.63) is 18.6 Å². The van der Waals surface area contributed by atoms with Crippen molar-refractivity contribution in [3.63, 3.8) is 0 Å². The van der Waals surface area contributed by atoms with Crippen LogP contribution in [0.4, 0.5) is 17.6 Å². The summed E-state index contributed by atoms with van der Waals surface area (Å²) in [5.74, 6) is 2.71. The largest absolute Gasteiger partial charge is 0.365 e. The van der Waals surface area contributed by atoms with E-state index in [1.807, 2.05) is 27.8 Å². The Balaban J connectivity index is 1.51. The molecule has 4 heterocycles. The SMILES string of the molecule is CC(Nc1nc(Nc2ccn(C(C)C)n2)nc2c1ncn2C1CCCCO1)C1CC1. The van der Waals surface area contributed by atoms with Gasteiger partial charge in [-0.25, -0.2) is 4.98 Å². The molecular weight excluding hydrogens is 380 g/mol. The number of rotatable bonds is 7. The fourth-order valence-electron chi connectivity index (χ4n) is 3.96. The Kier molecular flexibility index (Phi) is 5.06. The van der Waals surface area contributed by atoms with Gasteiger partial charge in [-0.15, -0.1) is 0 Å². The summed E-state index contributed by atoms with van der Waals surface area (Å²) < 4.78 is 9.95. The Morgan fingerprint density at radius 3 is 2.70 bits per heavy atom. The summed E-state index contributed by atoms with van der Waals surface area (Å²) in [6, 6.07) is 2.59. The summed E-state index contributed by atoms with van der Waals surface area (Å²) in [6.07, 6.45) is 9.53. The van der Waals surface area contributed by atoms with Crippen molar-refractivity contribution >= 4 is 28.7 Å². The van der Waals surface area contributed by atoms with E-state index >= 15 is 0 Å². The monoisotopic (exact) mass is 410 g/mol. The van der Waals surface area contributed by atoms with E-state index in [9.17, 15) is 0 Å². The summed E-state index contributed by atoms with van der Waals surface area (Å²) in [5, 5.41) is 11.4. The van der Waals surface area contributed by atoms with Gasteiger partial charge in [0, 0.05) is 31.0 Å². The molecule has 9 heteroatoms. The van der Waals surface area contributed by atoms with Crippen LogP contribution < -0.4 is 10.6 Å². The molecule has 0 radical (unpaired) electrons. The summed E-state index contributed by atoms with van der Waals surface area (Å²) in [7, 11) is 0. The van der Waals surface area contributed by atoms with Gasteiger partial charge < -0.3 is 15.4 Å². The molecule has 2 fully saturated rings. The number of hydrogen-bond acceptors (Lipinski definition) is 7. The van der Waals surface area contributed by atoms with Gasteiger partial charge in [-0.05, 0) is 58.8 Å². The molecule has 2 unspecified atom stereocenters. The lowest BCUT2D eigenvalue weighted by Gasteiger charge is -2.24. The van der Waals surface area contributed by atoms with Gasteiger partial charge in [0.2, 0.25) is 5.95 Å². The smallest absolute Gasteiger partial charge is 0.232 e. The van der Waals surface area contributed by atoms with Crippen molar-refractivity contribution in [2.24, 2.45) is 5.92 Å². The minimum atomic E-state index is -0.0274. The van der Waals surface area contributed by atoms with Crippen LogP contribution in [0.3, 0.4) is 0 Å². The molecule has 0 aromatic carbocycles. The maximum Gasteiger partial charge on any atom is 0.232 e. The summed E-state index contributed by atoms with van der Waals surface area (Å²) in [4.78, 5) is 14.2. The van der Waals surface area contributed by atoms with E-state index < -0.39 is 0 Å². The zero-order valence-electron chi connectivity index (χ0n) is 17.9. The van der Waals surface area contributed by atoms with Gasteiger partial charge in [0.15, 0.2) is 22.8 Å². The number of nitrogens with zero attached hydrogens (tertiary/aromatic N) is 6. The Bertz CT molecular complexity index is 1020. The zero-order valence-corrected chi connectivity index (χ0v) is 17.9. The van der Waals surface area contributed by atoms with Gasteiger partial charge in [-0.3, -0.25) is 9.25 Å². The molecule has 3 aromatic rings. The van der Waals surface area contributed by atoms with E-state index in [2.05, 4.69) is 41.5 Å². The first-order valence-electron chi connectivity index (χ1n) is 11.0. The van der Waals surface area contributed by atoms with Crippen molar-refractivity contribution in [1.82, 2.24) is 29.3 Å². The third kappa shape index (κ3) is 3.86. The molecule has 0 spiro atoms. The third-order valence-electron chi connectivity index (χ3n) is 5.96. The number of imidazole rings is 1. The van der Waals surface area contributed by atoms with Crippen molar-refractivity contribution in [2.75, 3.05) is 17.2 Å².